The molecule has 1 aliphatic carbocycles. The molecule has 1 saturated carbocycles. The molecular formula is C19H18FN5O3S2. The average molecular weight is 448 g/mol. The molecule has 1 aliphatic rings. The molecule has 0 atom stereocenters. The minimum atomic E-state index is -3.99. The van der Waals surface area contributed by atoms with E-state index in [9.17, 15) is 17.6 Å². The number of para-hydroxylation sites is 1. The van der Waals surface area contributed by atoms with Gasteiger partial charge in [0.1, 0.15) is 5.82 Å². The summed E-state index contributed by atoms with van der Waals surface area (Å²) in [4.78, 5) is 12.6. The number of hydrogen-bond donors (Lipinski definition) is 3. The minimum absolute atomic E-state index is 0.111. The van der Waals surface area contributed by atoms with E-state index in [0.717, 1.165) is 37.1 Å². The highest BCUT2D eigenvalue weighted by atomic mass is 32.2. The number of carbonyl (C=O) groups excluding carboxylic acids is 1. The molecule has 3 aromatic rings. The molecule has 0 saturated heterocycles. The first-order chi connectivity index (χ1) is 14.3. The summed E-state index contributed by atoms with van der Waals surface area (Å²) in [5, 5.41) is 9.64. The molecular weight excluding hydrogens is 429 g/mol. The number of carbonyl (C=O) groups is 1. The number of amides is 1. The minimum Gasteiger partial charge on any atom is -0.345 e. The molecule has 3 N–H and O–H groups in total. The van der Waals surface area contributed by atoms with Crippen molar-refractivity contribution in [3.63, 3.8) is 0 Å². The molecule has 11 heteroatoms. The molecule has 1 fully saturated rings. The van der Waals surface area contributed by atoms with Gasteiger partial charge in [0.25, 0.3) is 15.9 Å². The zero-order valence-corrected chi connectivity index (χ0v) is 17.3. The Kier molecular flexibility index (Phi) is 5.39. The van der Waals surface area contributed by atoms with Gasteiger partial charge in [-0.2, -0.15) is 5.10 Å². The van der Waals surface area contributed by atoms with Crippen LogP contribution in [0.25, 0.3) is 0 Å². The van der Waals surface area contributed by atoms with Gasteiger partial charge in [-0.1, -0.05) is 12.1 Å². The molecule has 0 radical (unpaired) electrons. The van der Waals surface area contributed by atoms with E-state index in [1.807, 2.05) is 4.57 Å². The molecule has 156 valence electrons. The van der Waals surface area contributed by atoms with Crippen LogP contribution in [0.15, 0.2) is 53.4 Å². The number of benzene rings is 2. The van der Waals surface area contributed by atoms with E-state index in [0.29, 0.717) is 16.6 Å². The first kappa shape index (κ1) is 20.2. The molecule has 0 aliphatic heterocycles. The lowest BCUT2D eigenvalue weighted by molar-refractivity contribution is 0.0950. The Morgan fingerprint density at radius 3 is 2.60 bits per heavy atom. The summed E-state index contributed by atoms with van der Waals surface area (Å²) in [6.07, 6.45) is 2.03. The summed E-state index contributed by atoms with van der Waals surface area (Å²) < 4.78 is 43.1. The highest BCUT2D eigenvalue weighted by molar-refractivity contribution is 7.92. The number of rotatable bonds is 7. The van der Waals surface area contributed by atoms with Crippen molar-refractivity contribution in [3.8, 4) is 0 Å². The maximum atomic E-state index is 13.1. The van der Waals surface area contributed by atoms with Crippen molar-refractivity contribution in [3.05, 3.63) is 70.5 Å². The van der Waals surface area contributed by atoms with Gasteiger partial charge < -0.3 is 5.32 Å². The van der Waals surface area contributed by atoms with Crippen LogP contribution >= 0.6 is 12.2 Å². The van der Waals surface area contributed by atoms with Gasteiger partial charge >= 0.3 is 0 Å². The molecule has 2 aromatic carbocycles. The Morgan fingerprint density at radius 2 is 1.90 bits per heavy atom. The molecule has 1 heterocycles. The van der Waals surface area contributed by atoms with Crippen LogP contribution in [0.5, 0.6) is 0 Å². The van der Waals surface area contributed by atoms with Crippen molar-refractivity contribution in [1.29, 1.82) is 0 Å². The van der Waals surface area contributed by atoms with Gasteiger partial charge in [-0.05, 0) is 61.5 Å². The van der Waals surface area contributed by atoms with Crippen LogP contribution in [-0.2, 0) is 16.6 Å². The quantitative estimate of drug-likeness (QED) is 0.482. The number of anilines is 1. The zero-order valence-electron chi connectivity index (χ0n) is 15.6. The molecule has 8 nitrogen and oxygen atoms in total. The molecule has 0 unspecified atom stereocenters. The van der Waals surface area contributed by atoms with Crippen LogP contribution in [0.3, 0.4) is 0 Å². The Bertz CT molecular complexity index is 1250. The predicted octanol–water partition coefficient (Wildman–Crippen LogP) is 3.15. The fraction of sp³-hybridized carbons (Fsp3) is 0.211. The van der Waals surface area contributed by atoms with Gasteiger partial charge in [0, 0.05) is 6.04 Å². The van der Waals surface area contributed by atoms with Crippen molar-refractivity contribution < 1.29 is 17.6 Å². The van der Waals surface area contributed by atoms with E-state index >= 15 is 0 Å². The predicted molar refractivity (Wildman–Crippen MR) is 111 cm³/mol. The van der Waals surface area contributed by atoms with Gasteiger partial charge in [-0.25, -0.2) is 12.8 Å². The fourth-order valence-corrected chi connectivity index (χ4v) is 4.39. The summed E-state index contributed by atoms with van der Waals surface area (Å²) in [6, 6.07) is 11.0. The SMILES string of the molecule is O=C(NCc1n[nH]c(=S)n1C1CC1)c1ccccc1NS(=O)(=O)c1ccc(F)cc1. The fourth-order valence-electron chi connectivity index (χ4n) is 3.01. The third-order valence-corrected chi connectivity index (χ3v) is 6.31. The van der Waals surface area contributed by atoms with E-state index in [1.54, 1.807) is 12.1 Å². The standard InChI is InChI=1S/C19H18FN5O3S2/c20-12-5-9-14(10-6-12)30(27,28)24-16-4-2-1-3-15(16)18(26)21-11-17-22-23-19(29)25(17)13-7-8-13/h1-6,9-10,13,24H,7-8,11H2,(H,21,26)(H,23,29). The number of nitrogens with zero attached hydrogens (tertiary/aromatic N) is 2. The summed E-state index contributed by atoms with van der Waals surface area (Å²) in [6.45, 7) is 0.140. The molecule has 4 rings (SSSR count). The van der Waals surface area contributed by atoms with E-state index in [4.69, 9.17) is 12.2 Å². The Hall–Kier alpha value is -3.05. The van der Waals surface area contributed by atoms with Crippen LogP contribution < -0.4 is 10.0 Å². The topological polar surface area (TPSA) is 109 Å². The summed E-state index contributed by atoms with van der Waals surface area (Å²) in [5.41, 5.74) is 0.260. The normalized spacial score (nSPS) is 13.8. The molecule has 0 spiro atoms. The Morgan fingerprint density at radius 1 is 1.20 bits per heavy atom. The van der Waals surface area contributed by atoms with Gasteiger partial charge in [-0.3, -0.25) is 19.2 Å². The van der Waals surface area contributed by atoms with Crippen LogP contribution in [0, 0.1) is 10.6 Å². The van der Waals surface area contributed by atoms with E-state index in [2.05, 4.69) is 20.2 Å². The average Bonchev–Trinajstić information content (AvgIpc) is 3.49. The molecule has 0 bridgehead atoms. The second-order valence-electron chi connectivity index (χ2n) is 6.83. The van der Waals surface area contributed by atoms with E-state index in [1.165, 1.54) is 12.1 Å². The number of halogens is 1. The highest BCUT2D eigenvalue weighted by Gasteiger charge is 2.27. The third kappa shape index (κ3) is 4.26. The van der Waals surface area contributed by atoms with Crippen LogP contribution in [-0.4, -0.2) is 29.1 Å². The lowest BCUT2D eigenvalue weighted by Crippen LogP contribution is -2.26. The van der Waals surface area contributed by atoms with Gasteiger partial charge in [0.15, 0.2) is 10.6 Å². The molecule has 1 amide bonds. The second kappa shape index (κ2) is 8.00. The molecule has 30 heavy (non-hydrogen) atoms. The number of aromatic amines is 1. The van der Waals surface area contributed by atoms with Crippen LogP contribution in [0.1, 0.15) is 35.1 Å². The van der Waals surface area contributed by atoms with Gasteiger partial charge in [0.2, 0.25) is 0 Å². The number of H-pyrrole nitrogens is 1. The number of sulfonamides is 1. The Labute approximate surface area is 177 Å². The van der Waals surface area contributed by atoms with E-state index in [-0.39, 0.29) is 22.7 Å². The summed E-state index contributed by atoms with van der Waals surface area (Å²) in [7, 11) is -3.99. The third-order valence-electron chi connectivity index (χ3n) is 4.64. The first-order valence-electron chi connectivity index (χ1n) is 9.16. The van der Waals surface area contributed by atoms with Gasteiger partial charge in [0.05, 0.1) is 22.7 Å². The van der Waals surface area contributed by atoms with Crippen molar-refractivity contribution in [1.82, 2.24) is 20.1 Å². The Balaban J connectivity index is 1.52. The monoisotopic (exact) mass is 447 g/mol. The van der Waals surface area contributed by atoms with Crippen molar-refractivity contribution >= 4 is 33.8 Å². The van der Waals surface area contributed by atoms with Crippen LogP contribution in [0.4, 0.5) is 10.1 Å². The van der Waals surface area contributed by atoms with Crippen molar-refractivity contribution in [2.75, 3.05) is 4.72 Å². The maximum absolute atomic E-state index is 13.1. The zero-order chi connectivity index (χ0) is 21.3. The highest BCUT2D eigenvalue weighted by Crippen LogP contribution is 2.35. The summed E-state index contributed by atoms with van der Waals surface area (Å²) in [5.74, 6) is -0.401. The van der Waals surface area contributed by atoms with Crippen LogP contribution in [0.2, 0.25) is 0 Å². The number of hydrogen-bond acceptors (Lipinski definition) is 5. The van der Waals surface area contributed by atoms with Crippen molar-refractivity contribution in [2.45, 2.75) is 30.3 Å². The largest absolute Gasteiger partial charge is 0.345 e. The first-order valence-corrected chi connectivity index (χ1v) is 11.1. The molecule has 1 aromatic heterocycles. The van der Waals surface area contributed by atoms with E-state index < -0.39 is 21.7 Å². The lowest BCUT2D eigenvalue weighted by atomic mass is 10.1. The smallest absolute Gasteiger partial charge is 0.261 e. The van der Waals surface area contributed by atoms with Crippen molar-refractivity contribution in [2.24, 2.45) is 0 Å². The lowest BCUT2D eigenvalue weighted by Gasteiger charge is -2.13. The second-order valence-corrected chi connectivity index (χ2v) is 8.90. The maximum Gasteiger partial charge on any atom is 0.261 e. The summed E-state index contributed by atoms with van der Waals surface area (Å²) >= 11 is 5.23. The number of aromatic nitrogens is 3. The number of nitrogens with one attached hydrogen (secondary N) is 3. The van der Waals surface area contributed by atoms with Gasteiger partial charge in [-0.15, -0.1) is 0 Å².